The van der Waals surface area contributed by atoms with Gasteiger partial charge in [-0.25, -0.2) is 0 Å². The van der Waals surface area contributed by atoms with Gasteiger partial charge < -0.3 is 15.4 Å². The molecule has 0 radical (unpaired) electrons. The molecule has 0 amide bonds. The lowest BCUT2D eigenvalue weighted by Gasteiger charge is -2.23. The Morgan fingerprint density at radius 3 is 3.00 bits per heavy atom. The van der Waals surface area contributed by atoms with Crippen LogP contribution in [-0.4, -0.2) is 69.3 Å². The average Bonchev–Trinajstić information content (AvgIpc) is 2.63. The monoisotopic (exact) mass is 201 g/mol. The predicted molar refractivity (Wildman–Crippen MR) is 58.4 cm³/mol. The van der Waals surface area contributed by atoms with Crippen molar-refractivity contribution in [1.82, 2.24) is 9.80 Å². The third-order valence-corrected chi connectivity index (χ3v) is 2.96. The summed E-state index contributed by atoms with van der Waals surface area (Å²) in [7, 11) is 3.92. The molecule has 0 aromatic carbocycles. The molecule has 2 N–H and O–H groups in total. The van der Waals surface area contributed by atoms with Gasteiger partial charge in [-0.1, -0.05) is 0 Å². The maximum atomic E-state index is 5.54. The van der Waals surface area contributed by atoms with E-state index in [9.17, 15) is 0 Å². The van der Waals surface area contributed by atoms with Gasteiger partial charge in [-0.2, -0.15) is 0 Å². The number of hydrogen-bond donors (Lipinski definition) is 1. The molecule has 14 heavy (non-hydrogen) atoms. The van der Waals surface area contributed by atoms with Crippen molar-refractivity contribution in [2.45, 2.75) is 12.5 Å². The number of nitrogens with zero attached hydrogens (tertiary/aromatic N) is 2. The smallest absolute Gasteiger partial charge is 0.0589 e. The van der Waals surface area contributed by atoms with Crippen LogP contribution in [0.5, 0.6) is 0 Å². The fraction of sp³-hybridized carbons (Fsp3) is 1.00. The molecule has 4 nitrogen and oxygen atoms in total. The SMILES string of the molecule is COCCN1CCC(N(C)CCN)C1. The fourth-order valence-electron chi connectivity index (χ4n) is 1.98. The number of rotatable bonds is 6. The first-order valence-corrected chi connectivity index (χ1v) is 5.39. The maximum absolute atomic E-state index is 5.54. The molecule has 0 saturated carbocycles. The number of ether oxygens (including phenoxy) is 1. The van der Waals surface area contributed by atoms with Gasteiger partial charge >= 0.3 is 0 Å². The Hall–Kier alpha value is -0.160. The van der Waals surface area contributed by atoms with Gasteiger partial charge in [-0.15, -0.1) is 0 Å². The van der Waals surface area contributed by atoms with Gasteiger partial charge in [-0.05, 0) is 20.0 Å². The Labute approximate surface area is 87.0 Å². The molecule has 1 unspecified atom stereocenters. The summed E-state index contributed by atoms with van der Waals surface area (Å²) in [5.74, 6) is 0. The molecule has 0 aromatic heterocycles. The van der Waals surface area contributed by atoms with Gasteiger partial charge in [-0.3, -0.25) is 4.90 Å². The van der Waals surface area contributed by atoms with Crippen molar-refractivity contribution in [2.75, 3.05) is 53.5 Å². The Morgan fingerprint density at radius 1 is 1.57 bits per heavy atom. The van der Waals surface area contributed by atoms with Crippen molar-refractivity contribution >= 4 is 0 Å². The van der Waals surface area contributed by atoms with Crippen molar-refractivity contribution < 1.29 is 4.74 Å². The van der Waals surface area contributed by atoms with E-state index < -0.39 is 0 Å². The summed E-state index contributed by atoms with van der Waals surface area (Å²) in [5, 5.41) is 0. The number of methoxy groups -OCH3 is 1. The first-order valence-electron chi connectivity index (χ1n) is 5.39. The highest BCUT2D eigenvalue weighted by atomic mass is 16.5. The summed E-state index contributed by atoms with van der Waals surface area (Å²) in [6.45, 7) is 6.02. The summed E-state index contributed by atoms with van der Waals surface area (Å²) in [6.07, 6.45) is 1.26. The third kappa shape index (κ3) is 3.53. The third-order valence-electron chi connectivity index (χ3n) is 2.96. The van der Waals surface area contributed by atoms with Crippen molar-refractivity contribution in [2.24, 2.45) is 5.73 Å². The first kappa shape index (κ1) is 11.9. The Kier molecular flexibility index (Phi) is 5.40. The molecule has 1 fully saturated rings. The van der Waals surface area contributed by atoms with E-state index in [1.165, 1.54) is 19.5 Å². The molecule has 0 spiro atoms. The van der Waals surface area contributed by atoms with Gasteiger partial charge in [0.25, 0.3) is 0 Å². The minimum Gasteiger partial charge on any atom is -0.383 e. The molecule has 1 heterocycles. The summed E-state index contributed by atoms with van der Waals surface area (Å²) in [6, 6.07) is 0.690. The zero-order valence-corrected chi connectivity index (χ0v) is 9.41. The summed E-state index contributed by atoms with van der Waals surface area (Å²) in [5.41, 5.74) is 5.54. The van der Waals surface area contributed by atoms with Crippen molar-refractivity contribution in [1.29, 1.82) is 0 Å². The summed E-state index contributed by atoms with van der Waals surface area (Å²) >= 11 is 0. The molecule has 0 bridgehead atoms. The summed E-state index contributed by atoms with van der Waals surface area (Å²) in [4.78, 5) is 4.83. The molecule has 84 valence electrons. The average molecular weight is 201 g/mol. The van der Waals surface area contributed by atoms with Crippen LogP contribution in [0.3, 0.4) is 0 Å². The highest BCUT2D eigenvalue weighted by Gasteiger charge is 2.24. The molecule has 1 aliphatic heterocycles. The lowest BCUT2D eigenvalue weighted by molar-refractivity contribution is 0.154. The minimum absolute atomic E-state index is 0.690. The highest BCUT2D eigenvalue weighted by Crippen LogP contribution is 2.13. The molecule has 1 rings (SSSR count). The highest BCUT2D eigenvalue weighted by molar-refractivity contribution is 4.81. The van der Waals surface area contributed by atoms with Crippen molar-refractivity contribution in [3.05, 3.63) is 0 Å². The van der Waals surface area contributed by atoms with Gasteiger partial charge in [0.2, 0.25) is 0 Å². The molecule has 1 atom stereocenters. The second-order valence-electron chi connectivity index (χ2n) is 4.01. The Bertz CT molecular complexity index is 154. The van der Waals surface area contributed by atoms with Crippen molar-refractivity contribution in [3.63, 3.8) is 0 Å². The number of likely N-dealkylation sites (tertiary alicyclic amines) is 1. The number of hydrogen-bond acceptors (Lipinski definition) is 4. The normalized spacial score (nSPS) is 23.6. The predicted octanol–water partition coefficient (Wildman–Crippen LogP) is -0.402. The van der Waals surface area contributed by atoms with Crippen LogP contribution >= 0.6 is 0 Å². The van der Waals surface area contributed by atoms with E-state index >= 15 is 0 Å². The van der Waals surface area contributed by atoms with E-state index in [1.54, 1.807) is 7.11 Å². The minimum atomic E-state index is 0.690. The number of likely N-dealkylation sites (N-methyl/N-ethyl adjacent to an activating group) is 1. The van der Waals surface area contributed by atoms with Crippen molar-refractivity contribution in [3.8, 4) is 0 Å². The zero-order valence-electron chi connectivity index (χ0n) is 9.41. The first-order chi connectivity index (χ1) is 6.77. The van der Waals surface area contributed by atoms with Gasteiger partial charge in [0.15, 0.2) is 0 Å². The van der Waals surface area contributed by atoms with E-state index in [2.05, 4.69) is 16.8 Å². The fourth-order valence-corrected chi connectivity index (χ4v) is 1.98. The quantitative estimate of drug-likeness (QED) is 0.635. The standard InChI is InChI=1S/C10H23N3O/c1-12(6-4-11)10-3-5-13(9-10)7-8-14-2/h10H,3-9,11H2,1-2H3. The largest absolute Gasteiger partial charge is 0.383 e. The molecule has 0 aliphatic carbocycles. The molecule has 1 saturated heterocycles. The topological polar surface area (TPSA) is 41.7 Å². The molecule has 4 heteroatoms. The van der Waals surface area contributed by atoms with E-state index in [0.29, 0.717) is 6.04 Å². The van der Waals surface area contributed by atoms with E-state index in [-0.39, 0.29) is 0 Å². The summed E-state index contributed by atoms with van der Waals surface area (Å²) < 4.78 is 5.07. The van der Waals surface area contributed by atoms with Crippen LogP contribution < -0.4 is 5.73 Å². The number of nitrogens with two attached hydrogens (primary N) is 1. The van der Waals surface area contributed by atoms with Crippen LogP contribution in [0.25, 0.3) is 0 Å². The lowest BCUT2D eigenvalue weighted by atomic mass is 10.2. The second kappa shape index (κ2) is 6.35. The molecule has 0 aromatic rings. The van der Waals surface area contributed by atoms with Crippen LogP contribution in [0, 0.1) is 0 Å². The van der Waals surface area contributed by atoms with Gasteiger partial charge in [0.1, 0.15) is 0 Å². The van der Waals surface area contributed by atoms with E-state index in [1.807, 2.05) is 0 Å². The van der Waals surface area contributed by atoms with Crippen LogP contribution in [-0.2, 0) is 4.74 Å². The lowest BCUT2D eigenvalue weighted by Crippen LogP contribution is -2.38. The Morgan fingerprint density at radius 2 is 2.36 bits per heavy atom. The Balaban J connectivity index is 2.19. The van der Waals surface area contributed by atoms with Crippen LogP contribution in [0.2, 0.25) is 0 Å². The van der Waals surface area contributed by atoms with E-state index in [4.69, 9.17) is 10.5 Å². The van der Waals surface area contributed by atoms with E-state index in [0.717, 1.165) is 26.2 Å². The maximum Gasteiger partial charge on any atom is 0.0589 e. The van der Waals surface area contributed by atoms with Crippen LogP contribution in [0.15, 0.2) is 0 Å². The molecule has 1 aliphatic rings. The van der Waals surface area contributed by atoms with Crippen LogP contribution in [0.1, 0.15) is 6.42 Å². The molecular formula is C10H23N3O. The zero-order chi connectivity index (χ0) is 10.4. The second-order valence-corrected chi connectivity index (χ2v) is 4.01. The van der Waals surface area contributed by atoms with Crippen LogP contribution in [0.4, 0.5) is 0 Å². The molecular weight excluding hydrogens is 178 g/mol. The van der Waals surface area contributed by atoms with Gasteiger partial charge in [0, 0.05) is 39.3 Å². The van der Waals surface area contributed by atoms with Gasteiger partial charge in [0.05, 0.1) is 6.61 Å².